The smallest absolute Gasteiger partial charge is 0.310 e. The van der Waals surface area contributed by atoms with Gasteiger partial charge in [-0.2, -0.15) is 0 Å². The van der Waals surface area contributed by atoms with Gasteiger partial charge >= 0.3 is 5.97 Å². The van der Waals surface area contributed by atoms with E-state index >= 15 is 0 Å². The average molecular weight is 355 g/mol. The molecule has 4 rings (SSSR count). The van der Waals surface area contributed by atoms with Crippen LogP contribution in [0, 0.1) is 11.8 Å². The zero-order valence-electron chi connectivity index (χ0n) is 14.7. The van der Waals surface area contributed by atoms with Crippen LogP contribution in [0.15, 0.2) is 48.6 Å². The Morgan fingerprint density at radius 3 is 2.65 bits per heavy atom. The molecule has 0 radical (unpaired) electrons. The first kappa shape index (κ1) is 16.8. The van der Waals surface area contributed by atoms with Crippen LogP contribution in [0.1, 0.15) is 13.3 Å². The summed E-state index contributed by atoms with van der Waals surface area (Å²) in [7, 11) is 1.58. The number of anilines is 1. The minimum absolute atomic E-state index is 0.208. The number of amides is 1. The number of hydrogen-bond acceptors (Lipinski definition) is 4. The molecule has 6 nitrogen and oxygen atoms in total. The zero-order chi connectivity index (χ0) is 18.6. The van der Waals surface area contributed by atoms with Gasteiger partial charge in [-0.3, -0.25) is 9.59 Å². The van der Waals surface area contributed by atoms with Crippen molar-refractivity contribution in [3.8, 4) is 5.75 Å². The summed E-state index contributed by atoms with van der Waals surface area (Å²) < 4.78 is 11.3. The normalized spacial score (nSPS) is 34.2. The number of carbonyl (C=O) groups is 2. The van der Waals surface area contributed by atoms with E-state index in [1.165, 1.54) is 0 Å². The predicted molar refractivity (Wildman–Crippen MR) is 95.1 cm³/mol. The van der Waals surface area contributed by atoms with Crippen molar-refractivity contribution in [2.24, 2.45) is 11.8 Å². The fraction of sp³-hybridized carbons (Fsp3) is 0.400. The van der Waals surface area contributed by atoms with Gasteiger partial charge in [0.2, 0.25) is 5.91 Å². The summed E-state index contributed by atoms with van der Waals surface area (Å²) in [4.78, 5) is 26.8. The summed E-state index contributed by atoms with van der Waals surface area (Å²) in [5, 5.41) is 9.67. The Bertz CT molecular complexity index is 814. The van der Waals surface area contributed by atoms with E-state index in [1.807, 2.05) is 25.1 Å². The summed E-state index contributed by atoms with van der Waals surface area (Å²) in [6.07, 6.45) is 3.66. The third-order valence-electron chi connectivity index (χ3n) is 5.60. The number of benzene rings is 1. The Hall–Kier alpha value is -2.60. The molecule has 5 atom stereocenters. The first-order chi connectivity index (χ1) is 12.4. The van der Waals surface area contributed by atoms with Crippen molar-refractivity contribution in [2.75, 3.05) is 12.0 Å². The van der Waals surface area contributed by atoms with E-state index in [9.17, 15) is 14.7 Å². The highest BCUT2D eigenvalue weighted by Crippen LogP contribution is 2.56. The Morgan fingerprint density at radius 1 is 1.38 bits per heavy atom. The van der Waals surface area contributed by atoms with Crippen LogP contribution in [-0.2, 0) is 14.3 Å². The van der Waals surface area contributed by atoms with Crippen molar-refractivity contribution >= 4 is 17.6 Å². The lowest BCUT2D eigenvalue weighted by atomic mass is 9.74. The molecule has 1 aromatic carbocycles. The topological polar surface area (TPSA) is 76.1 Å². The van der Waals surface area contributed by atoms with E-state index in [0.29, 0.717) is 17.9 Å². The van der Waals surface area contributed by atoms with Gasteiger partial charge < -0.3 is 19.5 Å². The molecule has 0 aliphatic carbocycles. The highest BCUT2D eigenvalue weighted by atomic mass is 16.5. The molecule has 1 amide bonds. The van der Waals surface area contributed by atoms with Crippen molar-refractivity contribution in [1.82, 2.24) is 0 Å². The minimum Gasteiger partial charge on any atom is -0.497 e. The third kappa shape index (κ3) is 2.15. The molecule has 26 heavy (non-hydrogen) atoms. The van der Waals surface area contributed by atoms with Crippen LogP contribution in [-0.4, -0.2) is 41.8 Å². The number of methoxy groups -OCH3 is 1. The maximum atomic E-state index is 13.3. The quantitative estimate of drug-likeness (QED) is 0.821. The second-order valence-corrected chi connectivity index (χ2v) is 7.22. The van der Waals surface area contributed by atoms with Crippen molar-refractivity contribution in [2.45, 2.75) is 31.1 Å². The fourth-order valence-electron chi connectivity index (χ4n) is 4.56. The summed E-state index contributed by atoms with van der Waals surface area (Å²) in [5.41, 5.74) is 0.704. The van der Waals surface area contributed by atoms with E-state index in [1.54, 1.807) is 30.2 Å². The van der Waals surface area contributed by atoms with Gasteiger partial charge in [-0.1, -0.05) is 17.7 Å². The number of nitrogens with zero attached hydrogens (tertiary/aromatic N) is 1. The molecule has 3 aliphatic heterocycles. The largest absolute Gasteiger partial charge is 0.497 e. The standard InChI is InChI=1S/C20H21NO5/c1-11(2)10-15-20-9-8-14(26-20)16(19(23)24)17(20)18(22)21(15)12-4-6-13(25-3)7-5-12/h4-9,14-17H,1,10H2,2-3H3,(H,23,24)/t14-,15-,16+,17+,20-/m1/s1. The van der Waals surface area contributed by atoms with Gasteiger partial charge in [0.15, 0.2) is 0 Å². The van der Waals surface area contributed by atoms with Gasteiger partial charge in [0.05, 0.1) is 25.2 Å². The van der Waals surface area contributed by atoms with Gasteiger partial charge in [0.1, 0.15) is 17.3 Å². The molecule has 3 heterocycles. The number of fused-ring (bicyclic) bond motifs is 1. The summed E-state index contributed by atoms with van der Waals surface area (Å²) >= 11 is 0. The number of hydrogen-bond donors (Lipinski definition) is 1. The predicted octanol–water partition coefficient (Wildman–Crippen LogP) is 2.40. The summed E-state index contributed by atoms with van der Waals surface area (Å²) in [5.74, 6) is -2.09. The Balaban J connectivity index is 1.81. The molecule has 6 heteroatoms. The van der Waals surface area contributed by atoms with Crippen LogP contribution in [0.5, 0.6) is 5.75 Å². The van der Waals surface area contributed by atoms with Gasteiger partial charge in [0.25, 0.3) is 0 Å². The van der Waals surface area contributed by atoms with E-state index in [0.717, 1.165) is 5.57 Å². The molecule has 0 unspecified atom stereocenters. The van der Waals surface area contributed by atoms with Gasteiger partial charge in [-0.25, -0.2) is 0 Å². The van der Waals surface area contributed by atoms with E-state index in [2.05, 4.69) is 6.58 Å². The fourth-order valence-corrected chi connectivity index (χ4v) is 4.56. The maximum absolute atomic E-state index is 13.3. The van der Waals surface area contributed by atoms with Crippen LogP contribution in [0.2, 0.25) is 0 Å². The second-order valence-electron chi connectivity index (χ2n) is 7.22. The minimum atomic E-state index is -0.995. The SMILES string of the molecule is C=C(C)C[C@H]1N(c2ccc(OC)cc2)C(=O)[C@@H]2[C@@H](C(=O)O)[C@H]3C=C[C@]21O3. The van der Waals surface area contributed by atoms with Crippen molar-refractivity contribution in [1.29, 1.82) is 0 Å². The molecule has 1 spiro atoms. The van der Waals surface area contributed by atoms with Gasteiger partial charge in [-0.15, -0.1) is 6.58 Å². The first-order valence-electron chi connectivity index (χ1n) is 8.60. The Labute approximate surface area is 151 Å². The van der Waals surface area contributed by atoms with Crippen molar-refractivity contribution < 1.29 is 24.2 Å². The molecule has 1 aromatic rings. The number of rotatable bonds is 5. The lowest BCUT2D eigenvalue weighted by molar-refractivity contribution is -0.146. The van der Waals surface area contributed by atoms with E-state index in [4.69, 9.17) is 9.47 Å². The van der Waals surface area contributed by atoms with Crippen LogP contribution in [0.25, 0.3) is 0 Å². The number of aliphatic carboxylic acids is 1. The molecular weight excluding hydrogens is 334 g/mol. The zero-order valence-corrected chi connectivity index (χ0v) is 14.7. The monoisotopic (exact) mass is 355 g/mol. The number of carboxylic acids is 1. The molecule has 0 saturated carbocycles. The van der Waals surface area contributed by atoms with Crippen molar-refractivity contribution in [3.05, 3.63) is 48.6 Å². The summed E-state index contributed by atoms with van der Waals surface area (Å²) in [6.45, 7) is 5.90. The molecule has 1 N–H and O–H groups in total. The number of carboxylic acid groups (broad SMARTS) is 1. The lowest BCUT2D eigenvalue weighted by Crippen LogP contribution is -2.45. The van der Waals surface area contributed by atoms with Gasteiger partial charge in [0, 0.05) is 5.69 Å². The number of ether oxygens (including phenoxy) is 2. The van der Waals surface area contributed by atoms with Crippen LogP contribution < -0.4 is 9.64 Å². The molecule has 2 fully saturated rings. The first-order valence-corrected chi connectivity index (χ1v) is 8.60. The average Bonchev–Trinajstić information content (AvgIpc) is 3.24. The Morgan fingerprint density at radius 2 is 2.08 bits per heavy atom. The van der Waals surface area contributed by atoms with Crippen LogP contribution in [0.3, 0.4) is 0 Å². The maximum Gasteiger partial charge on any atom is 0.310 e. The molecule has 136 valence electrons. The van der Waals surface area contributed by atoms with Crippen molar-refractivity contribution in [3.63, 3.8) is 0 Å². The lowest BCUT2D eigenvalue weighted by Gasteiger charge is -2.33. The number of carbonyl (C=O) groups excluding carboxylic acids is 1. The van der Waals surface area contributed by atoms with Crippen LogP contribution >= 0.6 is 0 Å². The molecule has 3 aliphatic rings. The molecular formula is C20H21NO5. The van der Waals surface area contributed by atoms with E-state index in [-0.39, 0.29) is 11.9 Å². The van der Waals surface area contributed by atoms with Gasteiger partial charge in [-0.05, 0) is 37.6 Å². The third-order valence-corrected chi connectivity index (χ3v) is 5.60. The molecule has 2 bridgehead atoms. The van der Waals surface area contributed by atoms with Crippen LogP contribution in [0.4, 0.5) is 5.69 Å². The molecule has 0 aromatic heterocycles. The second kappa shape index (κ2) is 5.71. The highest BCUT2D eigenvalue weighted by Gasteiger charge is 2.71. The summed E-state index contributed by atoms with van der Waals surface area (Å²) in [6, 6.07) is 6.87. The van der Waals surface area contributed by atoms with E-state index < -0.39 is 29.5 Å². The highest BCUT2D eigenvalue weighted by molar-refractivity contribution is 6.03. The Kier molecular flexibility index (Phi) is 3.70. The molecule has 2 saturated heterocycles.